The summed E-state index contributed by atoms with van der Waals surface area (Å²) >= 11 is 0. The molecule has 0 saturated heterocycles. The predicted octanol–water partition coefficient (Wildman–Crippen LogP) is 3.65. The number of benzene rings is 2. The number of carbonyl (C=O) groups is 1. The summed E-state index contributed by atoms with van der Waals surface area (Å²) < 4.78 is 36.0. The number of nitrogens with zero attached hydrogens (tertiary/aromatic N) is 2. The van der Waals surface area contributed by atoms with E-state index in [9.17, 15) is 13.2 Å². The van der Waals surface area contributed by atoms with E-state index in [0.29, 0.717) is 34.9 Å². The zero-order valence-electron chi connectivity index (χ0n) is 17.0. The number of anilines is 1. The molecule has 1 N–H and O–H groups in total. The molecule has 9 heteroatoms. The summed E-state index contributed by atoms with van der Waals surface area (Å²) in [4.78, 5) is 13.2. The van der Waals surface area contributed by atoms with Gasteiger partial charge >= 0.3 is 0 Å². The van der Waals surface area contributed by atoms with Crippen LogP contribution in [-0.4, -0.2) is 38.4 Å². The zero-order valence-corrected chi connectivity index (χ0v) is 17.8. The van der Waals surface area contributed by atoms with Crippen molar-refractivity contribution in [1.29, 1.82) is 0 Å². The quantitative estimate of drug-likeness (QED) is 0.632. The van der Waals surface area contributed by atoms with Crippen molar-refractivity contribution in [3.8, 4) is 5.75 Å². The fourth-order valence-corrected chi connectivity index (χ4v) is 3.95. The highest BCUT2D eigenvalue weighted by atomic mass is 32.2. The van der Waals surface area contributed by atoms with Crippen LogP contribution in [-0.2, 0) is 10.0 Å². The SMILES string of the molecule is COc1ccc(C(=O)N2N=C(c3ccc(NS(C)(=O)=O)cc3)CC2c2ccco2)cc1. The Balaban J connectivity index is 1.64. The van der Waals surface area contributed by atoms with Crippen molar-refractivity contribution in [3.05, 3.63) is 83.8 Å². The van der Waals surface area contributed by atoms with Crippen LogP contribution in [0.4, 0.5) is 5.69 Å². The van der Waals surface area contributed by atoms with Crippen LogP contribution in [0.5, 0.6) is 5.75 Å². The van der Waals surface area contributed by atoms with E-state index in [0.717, 1.165) is 11.8 Å². The van der Waals surface area contributed by atoms with E-state index in [1.807, 2.05) is 6.07 Å². The maximum Gasteiger partial charge on any atom is 0.274 e. The topological polar surface area (TPSA) is 101 Å². The average molecular weight is 439 g/mol. The van der Waals surface area contributed by atoms with Crippen molar-refractivity contribution in [3.63, 3.8) is 0 Å². The molecule has 0 saturated carbocycles. The summed E-state index contributed by atoms with van der Waals surface area (Å²) in [5.74, 6) is 1.04. The Morgan fingerprint density at radius 3 is 2.42 bits per heavy atom. The maximum atomic E-state index is 13.2. The lowest BCUT2D eigenvalue weighted by Gasteiger charge is -2.20. The molecule has 1 atom stereocenters. The van der Waals surface area contributed by atoms with Gasteiger partial charge < -0.3 is 9.15 Å². The minimum Gasteiger partial charge on any atom is -0.497 e. The maximum absolute atomic E-state index is 13.2. The van der Waals surface area contributed by atoms with E-state index in [4.69, 9.17) is 9.15 Å². The molecule has 3 aromatic rings. The molecule has 4 rings (SSSR count). The first-order chi connectivity index (χ1) is 14.8. The van der Waals surface area contributed by atoms with Crippen LogP contribution in [0.25, 0.3) is 0 Å². The number of furan rings is 1. The Bertz CT molecular complexity index is 1200. The smallest absolute Gasteiger partial charge is 0.274 e. The average Bonchev–Trinajstić information content (AvgIpc) is 3.42. The highest BCUT2D eigenvalue weighted by Gasteiger charge is 2.35. The van der Waals surface area contributed by atoms with Crippen LogP contribution < -0.4 is 9.46 Å². The number of ether oxygens (including phenoxy) is 1. The van der Waals surface area contributed by atoms with E-state index in [1.165, 1.54) is 5.01 Å². The van der Waals surface area contributed by atoms with E-state index < -0.39 is 10.0 Å². The van der Waals surface area contributed by atoms with E-state index in [-0.39, 0.29) is 11.9 Å². The first-order valence-corrected chi connectivity index (χ1v) is 11.4. The molecule has 2 aromatic carbocycles. The molecule has 31 heavy (non-hydrogen) atoms. The van der Waals surface area contributed by atoms with Crippen molar-refractivity contribution in [2.45, 2.75) is 12.5 Å². The molecule has 1 aromatic heterocycles. The molecule has 0 bridgehead atoms. The third-order valence-corrected chi connectivity index (χ3v) is 5.45. The van der Waals surface area contributed by atoms with Gasteiger partial charge in [-0.3, -0.25) is 9.52 Å². The molecule has 1 unspecified atom stereocenters. The highest BCUT2D eigenvalue weighted by molar-refractivity contribution is 7.92. The van der Waals surface area contributed by atoms with Gasteiger partial charge in [-0.25, -0.2) is 13.4 Å². The van der Waals surface area contributed by atoms with Gasteiger partial charge in [0.2, 0.25) is 10.0 Å². The second-order valence-corrected chi connectivity index (χ2v) is 8.86. The van der Waals surface area contributed by atoms with Gasteiger partial charge in [0.25, 0.3) is 5.91 Å². The van der Waals surface area contributed by atoms with Crippen LogP contribution in [0.1, 0.15) is 34.1 Å². The molecular weight excluding hydrogens is 418 g/mol. The molecule has 0 aliphatic carbocycles. The van der Waals surface area contributed by atoms with Gasteiger partial charge in [0.15, 0.2) is 0 Å². The molecule has 1 aliphatic heterocycles. The van der Waals surface area contributed by atoms with Gasteiger partial charge in [0, 0.05) is 17.7 Å². The number of amides is 1. The molecular formula is C22H21N3O5S. The second-order valence-electron chi connectivity index (χ2n) is 7.11. The monoisotopic (exact) mass is 439 g/mol. The standard InChI is InChI=1S/C22H21N3O5S/c1-29-18-11-7-16(8-12-18)22(26)25-20(21-4-3-13-30-21)14-19(23-25)15-5-9-17(10-6-15)24-31(2,27)28/h3-13,20,24H,14H2,1-2H3. The van der Waals surface area contributed by atoms with E-state index in [1.54, 1.807) is 68.0 Å². The minimum absolute atomic E-state index is 0.255. The Morgan fingerprint density at radius 1 is 1.13 bits per heavy atom. The molecule has 0 spiro atoms. The summed E-state index contributed by atoms with van der Waals surface area (Å²) in [5.41, 5.74) is 2.43. The van der Waals surface area contributed by atoms with Crippen LogP contribution in [0.15, 0.2) is 76.4 Å². The summed E-state index contributed by atoms with van der Waals surface area (Å²) in [7, 11) is -1.79. The van der Waals surface area contributed by atoms with Crippen molar-refractivity contribution in [2.75, 3.05) is 18.1 Å². The Morgan fingerprint density at radius 2 is 1.84 bits per heavy atom. The predicted molar refractivity (Wildman–Crippen MR) is 117 cm³/mol. The van der Waals surface area contributed by atoms with Gasteiger partial charge in [0.05, 0.1) is 25.3 Å². The lowest BCUT2D eigenvalue weighted by atomic mass is 10.0. The number of nitrogens with one attached hydrogen (secondary N) is 1. The molecule has 2 heterocycles. The summed E-state index contributed by atoms with van der Waals surface area (Å²) in [6.07, 6.45) is 3.13. The molecule has 0 fully saturated rings. The summed E-state index contributed by atoms with van der Waals surface area (Å²) in [6.45, 7) is 0. The number of sulfonamides is 1. The van der Waals surface area contributed by atoms with Crippen molar-refractivity contribution in [2.24, 2.45) is 5.10 Å². The van der Waals surface area contributed by atoms with Crippen LogP contribution in [0, 0.1) is 0 Å². The van der Waals surface area contributed by atoms with E-state index in [2.05, 4.69) is 9.82 Å². The molecule has 160 valence electrons. The lowest BCUT2D eigenvalue weighted by molar-refractivity contribution is 0.0693. The van der Waals surface area contributed by atoms with Crippen LogP contribution in [0.2, 0.25) is 0 Å². The number of carbonyl (C=O) groups excluding carboxylic acids is 1. The zero-order chi connectivity index (χ0) is 22.0. The third kappa shape index (κ3) is 4.61. The third-order valence-electron chi connectivity index (χ3n) is 4.85. The van der Waals surface area contributed by atoms with Gasteiger partial charge in [0.1, 0.15) is 17.6 Å². The fourth-order valence-electron chi connectivity index (χ4n) is 3.39. The van der Waals surface area contributed by atoms with Gasteiger partial charge in [-0.05, 0) is 54.1 Å². The van der Waals surface area contributed by atoms with Gasteiger partial charge in [-0.15, -0.1) is 0 Å². The van der Waals surface area contributed by atoms with Crippen LogP contribution >= 0.6 is 0 Å². The van der Waals surface area contributed by atoms with Crippen LogP contribution in [0.3, 0.4) is 0 Å². The normalized spacial score (nSPS) is 16.1. The molecule has 8 nitrogen and oxygen atoms in total. The number of hydrogen-bond acceptors (Lipinski definition) is 6. The Hall–Kier alpha value is -3.59. The van der Waals surface area contributed by atoms with Crippen molar-refractivity contribution < 1.29 is 22.4 Å². The van der Waals surface area contributed by atoms with Gasteiger partial charge in [-0.1, -0.05) is 12.1 Å². The largest absolute Gasteiger partial charge is 0.497 e. The first kappa shape index (κ1) is 20.7. The summed E-state index contributed by atoms with van der Waals surface area (Å²) in [5, 5.41) is 6.02. The summed E-state index contributed by atoms with van der Waals surface area (Å²) in [6, 6.07) is 16.9. The number of hydrogen-bond donors (Lipinski definition) is 1. The molecule has 1 amide bonds. The number of rotatable bonds is 6. The molecule has 0 radical (unpaired) electrons. The second kappa shape index (κ2) is 8.27. The fraction of sp³-hybridized carbons (Fsp3) is 0.182. The number of methoxy groups -OCH3 is 1. The Kier molecular flexibility index (Phi) is 5.51. The van der Waals surface area contributed by atoms with Crippen molar-refractivity contribution in [1.82, 2.24) is 5.01 Å². The molecule has 1 aliphatic rings. The van der Waals surface area contributed by atoms with Crippen molar-refractivity contribution >= 4 is 27.3 Å². The number of hydrazone groups is 1. The van der Waals surface area contributed by atoms with Gasteiger partial charge in [-0.2, -0.15) is 5.10 Å². The lowest BCUT2D eigenvalue weighted by Crippen LogP contribution is -2.26. The first-order valence-electron chi connectivity index (χ1n) is 9.51. The Labute approximate surface area is 180 Å². The highest BCUT2D eigenvalue weighted by Crippen LogP contribution is 2.34. The van der Waals surface area contributed by atoms with E-state index >= 15 is 0 Å². The minimum atomic E-state index is -3.36.